The van der Waals surface area contributed by atoms with Gasteiger partial charge in [-0.2, -0.15) is 0 Å². The molecule has 0 aromatic rings. The molecule has 17 heavy (non-hydrogen) atoms. The third-order valence-corrected chi connectivity index (χ3v) is 3.38. The maximum absolute atomic E-state index is 11.8. The van der Waals surface area contributed by atoms with Crippen molar-refractivity contribution in [2.75, 3.05) is 0 Å². The summed E-state index contributed by atoms with van der Waals surface area (Å²) in [4.78, 5) is 11.8. The molecule has 1 aliphatic carbocycles. The highest BCUT2D eigenvalue weighted by molar-refractivity contribution is 5.68. The van der Waals surface area contributed by atoms with Crippen LogP contribution in [0.25, 0.3) is 0 Å². The summed E-state index contributed by atoms with van der Waals surface area (Å²) in [6.45, 7) is 10.2. The van der Waals surface area contributed by atoms with Gasteiger partial charge in [0.15, 0.2) is 0 Å². The van der Waals surface area contributed by atoms with Crippen LogP contribution in [0, 0.1) is 11.8 Å². The maximum Gasteiger partial charge on any atom is 0.407 e. The van der Waals surface area contributed by atoms with Crippen LogP contribution in [0.1, 0.15) is 60.3 Å². The summed E-state index contributed by atoms with van der Waals surface area (Å²) in [5, 5.41) is 3.05. The molecule has 2 atom stereocenters. The molecule has 3 heteroatoms. The van der Waals surface area contributed by atoms with Crippen LogP contribution in [-0.4, -0.2) is 17.7 Å². The molecule has 0 aromatic carbocycles. The van der Waals surface area contributed by atoms with E-state index in [0.29, 0.717) is 17.9 Å². The highest BCUT2D eigenvalue weighted by Crippen LogP contribution is 2.30. The van der Waals surface area contributed by atoms with Crippen LogP contribution in [0.15, 0.2) is 0 Å². The molecule has 100 valence electrons. The first-order valence-corrected chi connectivity index (χ1v) is 6.79. The predicted molar refractivity (Wildman–Crippen MR) is 70.0 cm³/mol. The van der Waals surface area contributed by atoms with Gasteiger partial charge in [0.2, 0.25) is 0 Å². The summed E-state index contributed by atoms with van der Waals surface area (Å²) < 4.78 is 5.32. The highest BCUT2D eigenvalue weighted by atomic mass is 16.6. The number of carbonyl (C=O) groups is 1. The Morgan fingerprint density at radius 3 is 2.35 bits per heavy atom. The SMILES string of the molecule is CC(C)C1CCCCC1NC(=O)OC(C)(C)C. The number of alkyl carbamates (subject to hydrolysis) is 1. The van der Waals surface area contributed by atoms with Gasteiger partial charge in [-0.25, -0.2) is 4.79 Å². The van der Waals surface area contributed by atoms with Crippen molar-refractivity contribution in [3.05, 3.63) is 0 Å². The Kier molecular flexibility index (Phi) is 4.84. The number of amides is 1. The van der Waals surface area contributed by atoms with E-state index in [1.807, 2.05) is 20.8 Å². The van der Waals surface area contributed by atoms with Crippen LogP contribution < -0.4 is 5.32 Å². The first kappa shape index (κ1) is 14.3. The lowest BCUT2D eigenvalue weighted by Gasteiger charge is -2.35. The molecule has 0 saturated heterocycles. The first-order valence-electron chi connectivity index (χ1n) is 6.79. The molecule has 3 nitrogen and oxygen atoms in total. The van der Waals surface area contributed by atoms with Gasteiger partial charge in [-0.3, -0.25) is 0 Å². The quantitative estimate of drug-likeness (QED) is 0.800. The summed E-state index contributed by atoms with van der Waals surface area (Å²) >= 11 is 0. The fourth-order valence-corrected chi connectivity index (χ4v) is 2.60. The van der Waals surface area contributed by atoms with E-state index in [-0.39, 0.29) is 6.09 Å². The average Bonchev–Trinajstić information content (AvgIpc) is 2.14. The molecule has 0 heterocycles. The van der Waals surface area contributed by atoms with Crippen molar-refractivity contribution in [2.45, 2.75) is 71.9 Å². The van der Waals surface area contributed by atoms with Gasteiger partial charge in [-0.1, -0.05) is 26.7 Å². The molecule has 0 aliphatic heterocycles. The van der Waals surface area contributed by atoms with Gasteiger partial charge in [-0.05, 0) is 45.4 Å². The molecule has 0 bridgehead atoms. The summed E-state index contributed by atoms with van der Waals surface area (Å²) in [6.07, 6.45) is 4.54. The van der Waals surface area contributed by atoms with Gasteiger partial charge in [0.05, 0.1) is 0 Å². The van der Waals surface area contributed by atoms with Gasteiger partial charge in [0.25, 0.3) is 0 Å². The molecule has 1 rings (SSSR count). The second kappa shape index (κ2) is 5.74. The van der Waals surface area contributed by atoms with Crippen LogP contribution in [0.3, 0.4) is 0 Å². The Balaban J connectivity index is 2.50. The van der Waals surface area contributed by atoms with E-state index in [4.69, 9.17) is 4.74 Å². The molecule has 0 radical (unpaired) electrons. The Bertz CT molecular complexity index is 255. The van der Waals surface area contributed by atoms with E-state index in [0.717, 1.165) is 6.42 Å². The third kappa shape index (κ3) is 4.97. The van der Waals surface area contributed by atoms with Gasteiger partial charge in [0, 0.05) is 6.04 Å². The van der Waals surface area contributed by atoms with Crippen molar-refractivity contribution in [2.24, 2.45) is 11.8 Å². The fraction of sp³-hybridized carbons (Fsp3) is 0.929. The van der Waals surface area contributed by atoms with Crippen LogP contribution in [0.4, 0.5) is 4.79 Å². The second-order valence-electron chi connectivity index (χ2n) is 6.45. The average molecular weight is 241 g/mol. The van der Waals surface area contributed by atoms with E-state index in [2.05, 4.69) is 19.2 Å². The number of ether oxygens (including phenoxy) is 1. The topological polar surface area (TPSA) is 38.3 Å². The summed E-state index contributed by atoms with van der Waals surface area (Å²) in [6, 6.07) is 0.290. The minimum absolute atomic E-state index is 0.268. The number of rotatable bonds is 2. The van der Waals surface area contributed by atoms with Crippen molar-refractivity contribution >= 4 is 6.09 Å². The highest BCUT2D eigenvalue weighted by Gasteiger charge is 2.29. The minimum Gasteiger partial charge on any atom is -0.444 e. The van der Waals surface area contributed by atoms with Crippen LogP contribution in [0.2, 0.25) is 0 Å². The summed E-state index contributed by atoms with van der Waals surface area (Å²) in [7, 11) is 0. The van der Waals surface area contributed by atoms with Gasteiger partial charge in [-0.15, -0.1) is 0 Å². The second-order valence-corrected chi connectivity index (χ2v) is 6.45. The zero-order valence-corrected chi connectivity index (χ0v) is 11.9. The summed E-state index contributed by atoms with van der Waals surface area (Å²) in [5.41, 5.74) is -0.411. The first-order chi connectivity index (χ1) is 7.79. The normalized spacial score (nSPS) is 25.8. The van der Waals surface area contributed by atoms with E-state index >= 15 is 0 Å². The largest absolute Gasteiger partial charge is 0.444 e. The molecule has 0 aromatic heterocycles. The van der Waals surface area contributed by atoms with E-state index < -0.39 is 5.60 Å². The number of carbonyl (C=O) groups excluding carboxylic acids is 1. The number of hydrogen-bond donors (Lipinski definition) is 1. The lowest BCUT2D eigenvalue weighted by molar-refractivity contribution is 0.0454. The molecule has 1 saturated carbocycles. The Morgan fingerprint density at radius 1 is 1.24 bits per heavy atom. The minimum atomic E-state index is -0.411. The molecule has 2 unspecified atom stereocenters. The zero-order chi connectivity index (χ0) is 13.1. The molecule has 1 amide bonds. The van der Waals surface area contributed by atoms with Crippen LogP contribution in [-0.2, 0) is 4.74 Å². The lowest BCUT2D eigenvalue weighted by Crippen LogP contribution is -2.45. The Morgan fingerprint density at radius 2 is 1.82 bits per heavy atom. The van der Waals surface area contributed by atoms with Crippen molar-refractivity contribution in [3.8, 4) is 0 Å². The van der Waals surface area contributed by atoms with Crippen molar-refractivity contribution in [1.29, 1.82) is 0 Å². The van der Waals surface area contributed by atoms with Gasteiger partial charge < -0.3 is 10.1 Å². The molecule has 0 spiro atoms. The van der Waals surface area contributed by atoms with Gasteiger partial charge >= 0.3 is 6.09 Å². The fourth-order valence-electron chi connectivity index (χ4n) is 2.60. The lowest BCUT2D eigenvalue weighted by atomic mass is 9.78. The smallest absolute Gasteiger partial charge is 0.407 e. The Hall–Kier alpha value is -0.730. The van der Waals surface area contributed by atoms with Crippen molar-refractivity contribution in [3.63, 3.8) is 0 Å². The monoisotopic (exact) mass is 241 g/mol. The van der Waals surface area contributed by atoms with Crippen molar-refractivity contribution in [1.82, 2.24) is 5.32 Å². The van der Waals surface area contributed by atoms with Crippen LogP contribution in [0.5, 0.6) is 0 Å². The van der Waals surface area contributed by atoms with E-state index in [1.54, 1.807) is 0 Å². The van der Waals surface area contributed by atoms with E-state index in [9.17, 15) is 4.79 Å². The summed E-state index contributed by atoms with van der Waals surface area (Å²) in [5.74, 6) is 1.21. The van der Waals surface area contributed by atoms with Crippen LogP contribution >= 0.6 is 0 Å². The molecular weight excluding hydrogens is 214 g/mol. The maximum atomic E-state index is 11.8. The van der Waals surface area contributed by atoms with E-state index in [1.165, 1.54) is 19.3 Å². The molecule has 1 N–H and O–H groups in total. The molecule has 1 fully saturated rings. The number of hydrogen-bond acceptors (Lipinski definition) is 2. The zero-order valence-electron chi connectivity index (χ0n) is 11.9. The van der Waals surface area contributed by atoms with Crippen molar-refractivity contribution < 1.29 is 9.53 Å². The molecule has 1 aliphatic rings. The van der Waals surface area contributed by atoms with Gasteiger partial charge in [0.1, 0.15) is 5.60 Å². The Labute approximate surface area is 105 Å². The molecular formula is C14H27NO2. The standard InChI is InChI=1S/C14H27NO2/c1-10(2)11-8-6-7-9-12(11)15-13(16)17-14(3,4)5/h10-12H,6-9H2,1-5H3,(H,15,16). The predicted octanol–water partition coefficient (Wildman–Crippen LogP) is 3.73. The number of nitrogens with one attached hydrogen (secondary N) is 1. The third-order valence-electron chi connectivity index (χ3n) is 3.38.